The standard InChI is InChI=1S/C18H15FN4OS/c1-10-9-25-18-14(10)16(21-13-3-2-8-20-13)22-17(23-18)15(24)11-4-6-12(19)7-5-11/h2-7,9,15,24H,8H2,1H3,(H,20,21,22,23). The Morgan fingerprint density at radius 1 is 1.24 bits per heavy atom. The molecule has 0 saturated heterocycles. The second-order valence-corrected chi connectivity index (χ2v) is 6.59. The number of nitrogens with one attached hydrogen (secondary N) is 1. The number of fused-ring (bicyclic) bond motifs is 1. The van der Waals surface area contributed by atoms with Crippen LogP contribution in [0.4, 0.5) is 10.2 Å². The first-order valence-electron chi connectivity index (χ1n) is 7.79. The van der Waals surface area contributed by atoms with Crippen molar-refractivity contribution >= 4 is 33.2 Å². The number of amidine groups is 1. The first-order valence-corrected chi connectivity index (χ1v) is 8.67. The Morgan fingerprint density at radius 2 is 2.04 bits per heavy atom. The smallest absolute Gasteiger partial charge is 0.165 e. The summed E-state index contributed by atoms with van der Waals surface area (Å²) >= 11 is 1.50. The van der Waals surface area contributed by atoms with Crippen LogP contribution in [0.25, 0.3) is 10.2 Å². The van der Waals surface area contributed by atoms with E-state index in [1.54, 1.807) is 0 Å². The van der Waals surface area contributed by atoms with E-state index in [1.165, 1.54) is 35.6 Å². The van der Waals surface area contributed by atoms with Crippen LogP contribution < -0.4 is 5.32 Å². The molecule has 4 rings (SSSR count). The molecule has 25 heavy (non-hydrogen) atoms. The third-order valence-corrected chi connectivity index (χ3v) is 4.94. The van der Waals surface area contributed by atoms with Gasteiger partial charge in [0.1, 0.15) is 28.4 Å². The van der Waals surface area contributed by atoms with Crippen LogP contribution in [0.3, 0.4) is 0 Å². The first-order chi connectivity index (χ1) is 12.1. The molecule has 7 heteroatoms. The number of aliphatic imine (C=N–C) groups is 1. The number of hydrogen-bond donors (Lipinski definition) is 2. The zero-order chi connectivity index (χ0) is 17.4. The van der Waals surface area contributed by atoms with E-state index in [4.69, 9.17) is 0 Å². The van der Waals surface area contributed by atoms with Crippen LogP contribution in [0.15, 0.2) is 46.8 Å². The molecule has 0 radical (unpaired) electrons. The fraction of sp³-hybridized carbons (Fsp3) is 0.167. The average molecular weight is 354 g/mol. The van der Waals surface area contributed by atoms with Crippen molar-refractivity contribution in [3.63, 3.8) is 0 Å². The van der Waals surface area contributed by atoms with Gasteiger partial charge in [-0.2, -0.15) is 0 Å². The van der Waals surface area contributed by atoms with Gasteiger partial charge in [0.05, 0.1) is 11.9 Å². The summed E-state index contributed by atoms with van der Waals surface area (Å²) in [6, 6.07) is 5.68. The molecule has 1 aromatic carbocycles. The summed E-state index contributed by atoms with van der Waals surface area (Å²) in [7, 11) is 0. The molecule has 1 atom stereocenters. The highest BCUT2D eigenvalue weighted by atomic mass is 32.1. The van der Waals surface area contributed by atoms with Crippen molar-refractivity contribution in [2.24, 2.45) is 4.99 Å². The van der Waals surface area contributed by atoms with E-state index in [0.29, 0.717) is 17.9 Å². The molecule has 1 aliphatic heterocycles. The lowest BCUT2D eigenvalue weighted by Crippen LogP contribution is -2.13. The maximum Gasteiger partial charge on any atom is 0.165 e. The highest BCUT2D eigenvalue weighted by molar-refractivity contribution is 7.17. The number of thiophene rings is 1. The van der Waals surface area contributed by atoms with Crippen molar-refractivity contribution in [3.8, 4) is 0 Å². The van der Waals surface area contributed by atoms with E-state index >= 15 is 0 Å². The molecule has 3 heterocycles. The summed E-state index contributed by atoms with van der Waals surface area (Å²) < 4.78 is 13.1. The number of aliphatic hydroxyl groups is 1. The van der Waals surface area contributed by atoms with Crippen LogP contribution in [0.5, 0.6) is 0 Å². The summed E-state index contributed by atoms with van der Waals surface area (Å²) in [5.41, 5.74) is 1.60. The lowest BCUT2D eigenvalue weighted by Gasteiger charge is -2.13. The van der Waals surface area contributed by atoms with Crippen LogP contribution in [0.1, 0.15) is 23.1 Å². The number of rotatable bonds is 3. The van der Waals surface area contributed by atoms with Crippen molar-refractivity contribution in [1.29, 1.82) is 0 Å². The lowest BCUT2D eigenvalue weighted by atomic mass is 10.1. The molecular formula is C18H15FN4OS. The Balaban J connectivity index is 1.79. The zero-order valence-corrected chi connectivity index (χ0v) is 14.2. The van der Waals surface area contributed by atoms with Gasteiger partial charge < -0.3 is 10.4 Å². The van der Waals surface area contributed by atoms with Gasteiger partial charge in [-0.1, -0.05) is 18.2 Å². The van der Waals surface area contributed by atoms with Gasteiger partial charge in [0, 0.05) is 0 Å². The molecule has 1 aliphatic rings. The molecule has 0 fully saturated rings. The van der Waals surface area contributed by atoms with E-state index in [2.05, 4.69) is 20.3 Å². The minimum absolute atomic E-state index is 0.269. The SMILES string of the molecule is Cc1csc2nc(C(O)c3ccc(F)cc3)nc(NC3=NCC=C3)c12. The van der Waals surface area contributed by atoms with Crippen molar-refractivity contribution in [3.05, 3.63) is 64.6 Å². The Labute approximate surface area is 147 Å². The van der Waals surface area contributed by atoms with E-state index in [9.17, 15) is 9.50 Å². The van der Waals surface area contributed by atoms with Crippen LogP contribution in [-0.2, 0) is 0 Å². The van der Waals surface area contributed by atoms with Crippen molar-refractivity contribution in [2.45, 2.75) is 13.0 Å². The van der Waals surface area contributed by atoms with Crippen molar-refractivity contribution < 1.29 is 9.50 Å². The van der Waals surface area contributed by atoms with E-state index in [-0.39, 0.29) is 11.6 Å². The first kappa shape index (κ1) is 15.9. The number of anilines is 1. The second-order valence-electron chi connectivity index (χ2n) is 5.74. The third kappa shape index (κ3) is 3.04. The molecule has 0 aliphatic carbocycles. The van der Waals surface area contributed by atoms with Crippen LogP contribution in [0, 0.1) is 12.7 Å². The van der Waals surface area contributed by atoms with Gasteiger partial charge in [-0.15, -0.1) is 11.3 Å². The molecule has 0 spiro atoms. The molecule has 1 unspecified atom stereocenters. The molecule has 5 nitrogen and oxygen atoms in total. The van der Waals surface area contributed by atoms with E-state index in [1.807, 2.05) is 24.5 Å². The summed E-state index contributed by atoms with van der Waals surface area (Å²) in [6.07, 6.45) is 2.82. The van der Waals surface area contributed by atoms with Gasteiger partial charge in [-0.25, -0.2) is 14.4 Å². The molecule has 0 bridgehead atoms. The number of hydrogen-bond acceptors (Lipinski definition) is 6. The largest absolute Gasteiger partial charge is 0.380 e. The normalized spacial score (nSPS) is 14.8. The summed E-state index contributed by atoms with van der Waals surface area (Å²) in [4.78, 5) is 14.1. The Kier molecular flexibility index (Phi) is 4.03. The van der Waals surface area contributed by atoms with Crippen LogP contribution >= 0.6 is 11.3 Å². The summed E-state index contributed by atoms with van der Waals surface area (Å²) in [5.74, 6) is 1.26. The van der Waals surface area contributed by atoms with Crippen LogP contribution in [0.2, 0.25) is 0 Å². The highest BCUT2D eigenvalue weighted by Crippen LogP contribution is 2.32. The van der Waals surface area contributed by atoms with E-state index < -0.39 is 6.10 Å². The van der Waals surface area contributed by atoms with Gasteiger partial charge in [0.2, 0.25) is 0 Å². The zero-order valence-electron chi connectivity index (χ0n) is 13.4. The Bertz CT molecular complexity index is 994. The monoisotopic (exact) mass is 354 g/mol. The molecule has 2 N–H and O–H groups in total. The number of aliphatic hydroxyl groups excluding tert-OH is 1. The molecular weight excluding hydrogens is 339 g/mol. The van der Waals surface area contributed by atoms with Gasteiger partial charge >= 0.3 is 0 Å². The fourth-order valence-electron chi connectivity index (χ4n) is 2.68. The number of benzene rings is 1. The summed E-state index contributed by atoms with van der Waals surface area (Å²) in [6.45, 7) is 2.64. The number of aromatic nitrogens is 2. The quantitative estimate of drug-likeness (QED) is 0.754. The van der Waals surface area contributed by atoms with E-state index in [0.717, 1.165) is 21.6 Å². The lowest BCUT2D eigenvalue weighted by molar-refractivity contribution is 0.210. The molecule has 3 aromatic rings. The maximum atomic E-state index is 13.1. The summed E-state index contributed by atoms with van der Waals surface area (Å²) in [5, 5.41) is 16.8. The van der Waals surface area contributed by atoms with Crippen molar-refractivity contribution in [1.82, 2.24) is 9.97 Å². The molecule has 2 aromatic heterocycles. The molecule has 0 saturated carbocycles. The fourth-order valence-corrected chi connectivity index (χ4v) is 3.61. The third-order valence-electron chi connectivity index (χ3n) is 3.95. The van der Waals surface area contributed by atoms with Gasteiger partial charge in [0.15, 0.2) is 5.82 Å². The predicted molar refractivity (Wildman–Crippen MR) is 97.7 cm³/mol. The Morgan fingerprint density at radius 3 is 2.76 bits per heavy atom. The predicted octanol–water partition coefficient (Wildman–Crippen LogP) is 3.60. The van der Waals surface area contributed by atoms with Crippen LogP contribution in [-0.4, -0.2) is 27.5 Å². The van der Waals surface area contributed by atoms with Gasteiger partial charge in [-0.3, -0.25) is 4.99 Å². The topological polar surface area (TPSA) is 70.4 Å². The highest BCUT2D eigenvalue weighted by Gasteiger charge is 2.19. The molecule has 126 valence electrons. The van der Waals surface area contributed by atoms with Gasteiger partial charge in [0.25, 0.3) is 0 Å². The number of nitrogens with zero attached hydrogens (tertiary/aromatic N) is 3. The average Bonchev–Trinajstić information content (AvgIpc) is 3.25. The Hall–Kier alpha value is -2.64. The maximum absolute atomic E-state index is 13.1. The van der Waals surface area contributed by atoms with Crippen molar-refractivity contribution in [2.75, 3.05) is 11.9 Å². The number of aryl methyl sites for hydroxylation is 1. The second kappa shape index (κ2) is 6.34. The minimum atomic E-state index is -1.03. The number of halogens is 1. The minimum Gasteiger partial charge on any atom is -0.380 e. The van der Waals surface area contributed by atoms with Gasteiger partial charge in [-0.05, 0) is 41.6 Å². The molecule has 0 amide bonds.